The zero-order valence-corrected chi connectivity index (χ0v) is 13.8. The van der Waals surface area contributed by atoms with Crippen LogP contribution >= 0.6 is 0 Å². The molecule has 25 heavy (non-hydrogen) atoms. The van der Waals surface area contributed by atoms with Gasteiger partial charge in [0.1, 0.15) is 5.82 Å². The second kappa shape index (κ2) is 7.57. The Morgan fingerprint density at radius 3 is 2.56 bits per heavy atom. The Morgan fingerprint density at radius 2 is 1.88 bits per heavy atom. The molecule has 0 spiro atoms. The molecule has 0 saturated carbocycles. The van der Waals surface area contributed by atoms with Gasteiger partial charge in [-0.15, -0.1) is 0 Å². The van der Waals surface area contributed by atoms with Crippen molar-refractivity contribution in [2.45, 2.75) is 6.92 Å². The number of nitrogens with zero attached hydrogens (tertiary/aromatic N) is 2. The molecule has 3 aromatic rings. The first-order chi connectivity index (χ1) is 12.2. The van der Waals surface area contributed by atoms with Crippen molar-refractivity contribution in [1.29, 1.82) is 0 Å². The van der Waals surface area contributed by atoms with Crippen molar-refractivity contribution in [2.75, 3.05) is 6.54 Å². The van der Waals surface area contributed by atoms with Crippen LogP contribution in [0.5, 0.6) is 0 Å². The number of carbonyl (C=O) groups excluding carboxylic acids is 1. The largest absolute Gasteiger partial charge is 0.353 e. The fourth-order valence-electron chi connectivity index (χ4n) is 2.45. The highest BCUT2D eigenvalue weighted by molar-refractivity contribution is 5.92. The lowest BCUT2D eigenvalue weighted by Gasteiger charge is -2.00. The van der Waals surface area contributed by atoms with Crippen molar-refractivity contribution in [3.05, 3.63) is 78.3 Å². The van der Waals surface area contributed by atoms with Crippen LogP contribution in [-0.2, 0) is 4.79 Å². The summed E-state index contributed by atoms with van der Waals surface area (Å²) in [5.41, 5.74) is 3.15. The predicted molar refractivity (Wildman–Crippen MR) is 96.7 cm³/mol. The van der Waals surface area contributed by atoms with Crippen LogP contribution < -0.4 is 5.32 Å². The zero-order valence-electron chi connectivity index (χ0n) is 13.8. The molecule has 1 aromatic heterocycles. The number of rotatable bonds is 5. The first kappa shape index (κ1) is 16.6. The summed E-state index contributed by atoms with van der Waals surface area (Å²) >= 11 is 0. The molecule has 0 bridgehead atoms. The van der Waals surface area contributed by atoms with Crippen LogP contribution in [0.25, 0.3) is 23.0 Å². The van der Waals surface area contributed by atoms with Crippen molar-refractivity contribution >= 4 is 12.0 Å². The molecule has 0 unspecified atom stereocenters. The summed E-state index contributed by atoms with van der Waals surface area (Å²) < 4.78 is 15.0. The number of aromatic nitrogens is 2. The number of benzene rings is 2. The van der Waals surface area contributed by atoms with E-state index in [1.54, 1.807) is 22.9 Å². The first-order valence-electron chi connectivity index (χ1n) is 8.04. The Balaban J connectivity index is 2.03. The number of carbonyl (C=O) groups is 1. The van der Waals surface area contributed by atoms with Crippen LogP contribution in [0.2, 0.25) is 0 Å². The van der Waals surface area contributed by atoms with Crippen molar-refractivity contribution in [3.63, 3.8) is 0 Å². The van der Waals surface area contributed by atoms with E-state index < -0.39 is 0 Å². The number of likely N-dealkylation sites (N-methyl/N-ethyl adjacent to an activating group) is 1. The molecule has 126 valence electrons. The summed E-state index contributed by atoms with van der Waals surface area (Å²) in [5, 5.41) is 7.33. The van der Waals surface area contributed by atoms with E-state index in [0.717, 1.165) is 16.8 Å². The summed E-state index contributed by atoms with van der Waals surface area (Å²) in [4.78, 5) is 11.7. The zero-order chi connectivity index (χ0) is 17.6. The number of hydrogen-bond donors (Lipinski definition) is 1. The van der Waals surface area contributed by atoms with Crippen LogP contribution in [0.15, 0.2) is 66.9 Å². The molecule has 1 heterocycles. The molecule has 0 saturated heterocycles. The van der Waals surface area contributed by atoms with Crippen LogP contribution in [0, 0.1) is 5.82 Å². The summed E-state index contributed by atoms with van der Waals surface area (Å²) in [5.74, 6) is -0.467. The van der Waals surface area contributed by atoms with Gasteiger partial charge in [-0.05, 0) is 49.4 Å². The second-order valence-electron chi connectivity index (χ2n) is 5.45. The molecule has 0 fully saturated rings. The molecule has 5 heteroatoms. The van der Waals surface area contributed by atoms with E-state index in [1.807, 2.05) is 43.5 Å². The third-order valence-electron chi connectivity index (χ3n) is 3.65. The highest BCUT2D eigenvalue weighted by Crippen LogP contribution is 2.25. The fourth-order valence-corrected chi connectivity index (χ4v) is 2.45. The van der Waals surface area contributed by atoms with Crippen molar-refractivity contribution in [1.82, 2.24) is 15.1 Å². The minimum Gasteiger partial charge on any atom is -0.353 e. The second-order valence-corrected chi connectivity index (χ2v) is 5.45. The minimum atomic E-state index is -0.300. The first-order valence-corrected chi connectivity index (χ1v) is 8.04. The van der Waals surface area contributed by atoms with Gasteiger partial charge in [0.2, 0.25) is 5.91 Å². The highest BCUT2D eigenvalue weighted by Gasteiger charge is 2.11. The molecule has 0 aliphatic carbocycles. The maximum Gasteiger partial charge on any atom is 0.243 e. The molecule has 0 aliphatic heterocycles. The Kier molecular flexibility index (Phi) is 5.04. The smallest absolute Gasteiger partial charge is 0.243 e. The van der Waals surface area contributed by atoms with Gasteiger partial charge in [0.05, 0.1) is 11.4 Å². The molecule has 0 aliphatic rings. The summed E-state index contributed by atoms with van der Waals surface area (Å²) in [6.07, 6.45) is 5.04. The van der Waals surface area contributed by atoms with Gasteiger partial charge in [0.25, 0.3) is 0 Å². The average Bonchev–Trinajstić information content (AvgIpc) is 3.06. The Labute approximate surface area is 145 Å². The number of amides is 1. The number of nitrogens with one attached hydrogen (secondary N) is 1. The minimum absolute atomic E-state index is 0.167. The van der Waals surface area contributed by atoms with Crippen LogP contribution in [0.3, 0.4) is 0 Å². The predicted octanol–water partition coefficient (Wildman–Crippen LogP) is 3.83. The van der Waals surface area contributed by atoms with E-state index in [-0.39, 0.29) is 11.7 Å². The molecule has 0 atom stereocenters. The van der Waals surface area contributed by atoms with E-state index in [1.165, 1.54) is 18.2 Å². The van der Waals surface area contributed by atoms with Crippen molar-refractivity contribution < 1.29 is 9.18 Å². The van der Waals surface area contributed by atoms with Crippen LogP contribution in [-0.4, -0.2) is 22.2 Å². The maximum absolute atomic E-state index is 13.2. The molecule has 1 amide bonds. The third-order valence-corrected chi connectivity index (χ3v) is 3.65. The van der Waals surface area contributed by atoms with E-state index in [2.05, 4.69) is 10.4 Å². The summed E-state index contributed by atoms with van der Waals surface area (Å²) in [6.45, 7) is 2.43. The average molecular weight is 335 g/mol. The molecular formula is C20H18FN3O. The monoisotopic (exact) mass is 335 g/mol. The molecule has 4 nitrogen and oxygen atoms in total. The van der Waals surface area contributed by atoms with Crippen molar-refractivity contribution in [3.8, 4) is 16.9 Å². The number of hydrogen-bond acceptors (Lipinski definition) is 2. The van der Waals surface area contributed by atoms with Gasteiger partial charge in [-0.25, -0.2) is 9.07 Å². The van der Waals surface area contributed by atoms with Crippen LogP contribution in [0.4, 0.5) is 4.39 Å². The van der Waals surface area contributed by atoms with E-state index >= 15 is 0 Å². The molecule has 1 N–H and O–H groups in total. The topological polar surface area (TPSA) is 46.9 Å². The number of halogens is 1. The van der Waals surface area contributed by atoms with Gasteiger partial charge in [-0.1, -0.05) is 18.2 Å². The molecule has 0 radical (unpaired) electrons. The quantitative estimate of drug-likeness (QED) is 0.720. The standard InChI is InChI=1S/C20H18FN3O/c1-2-22-19(25)13-10-16-14-24(18-6-4-3-5-7-18)23-20(16)15-8-11-17(21)12-9-15/h3-14H,2H2,1H3,(H,22,25)/b13-10+. The Bertz CT molecular complexity index is 883. The van der Waals surface area contributed by atoms with E-state index in [4.69, 9.17) is 0 Å². The SMILES string of the molecule is CCNC(=O)/C=C/c1cn(-c2ccccc2)nc1-c1ccc(F)cc1. The molecular weight excluding hydrogens is 317 g/mol. The van der Waals surface area contributed by atoms with E-state index in [9.17, 15) is 9.18 Å². The summed E-state index contributed by atoms with van der Waals surface area (Å²) in [7, 11) is 0. The fraction of sp³-hybridized carbons (Fsp3) is 0.100. The molecule has 2 aromatic carbocycles. The lowest BCUT2D eigenvalue weighted by Crippen LogP contribution is -2.19. The van der Waals surface area contributed by atoms with Gasteiger partial charge in [0.15, 0.2) is 0 Å². The van der Waals surface area contributed by atoms with Crippen molar-refractivity contribution in [2.24, 2.45) is 0 Å². The Hall–Kier alpha value is -3.21. The van der Waals surface area contributed by atoms with Gasteiger partial charge in [-0.2, -0.15) is 5.10 Å². The van der Waals surface area contributed by atoms with Gasteiger partial charge in [-0.3, -0.25) is 4.79 Å². The number of para-hydroxylation sites is 1. The Morgan fingerprint density at radius 1 is 1.16 bits per heavy atom. The molecule has 3 rings (SSSR count). The van der Waals surface area contributed by atoms with Crippen LogP contribution in [0.1, 0.15) is 12.5 Å². The van der Waals surface area contributed by atoms with Gasteiger partial charge >= 0.3 is 0 Å². The maximum atomic E-state index is 13.2. The highest BCUT2D eigenvalue weighted by atomic mass is 19.1. The lowest BCUT2D eigenvalue weighted by atomic mass is 10.1. The van der Waals surface area contributed by atoms with Gasteiger partial charge in [0, 0.05) is 29.9 Å². The third kappa shape index (κ3) is 4.01. The normalized spacial score (nSPS) is 11.0. The summed E-state index contributed by atoms with van der Waals surface area (Å²) in [6, 6.07) is 15.8. The van der Waals surface area contributed by atoms with E-state index in [0.29, 0.717) is 12.2 Å². The lowest BCUT2D eigenvalue weighted by molar-refractivity contribution is -0.116. The van der Waals surface area contributed by atoms with Gasteiger partial charge < -0.3 is 5.32 Å².